The van der Waals surface area contributed by atoms with E-state index in [1.807, 2.05) is 38.1 Å². The second-order valence-electron chi connectivity index (χ2n) is 9.35. The highest BCUT2D eigenvalue weighted by atomic mass is 16.5. The number of nitrogens with one attached hydrogen (secondary N) is 2. The maximum absolute atomic E-state index is 12.3. The minimum atomic E-state index is -0.904. The molecule has 0 spiro atoms. The molecule has 0 aromatic heterocycles. The summed E-state index contributed by atoms with van der Waals surface area (Å²) in [6, 6.07) is 16.3. The maximum Gasteiger partial charge on any atom is 0.407 e. The van der Waals surface area contributed by atoms with Crippen LogP contribution >= 0.6 is 0 Å². The van der Waals surface area contributed by atoms with E-state index in [1.54, 1.807) is 6.92 Å². The smallest absolute Gasteiger partial charge is 0.407 e. The lowest BCUT2D eigenvalue weighted by Gasteiger charge is -2.18. The number of carboxylic acid groups (broad SMARTS) is 1. The van der Waals surface area contributed by atoms with Gasteiger partial charge in [0.05, 0.1) is 5.92 Å². The van der Waals surface area contributed by atoms with Crippen molar-refractivity contribution in [3.05, 3.63) is 59.7 Å². The van der Waals surface area contributed by atoms with E-state index in [9.17, 15) is 19.5 Å². The molecule has 2 aromatic rings. The molecule has 7 heteroatoms. The second-order valence-corrected chi connectivity index (χ2v) is 9.35. The van der Waals surface area contributed by atoms with Gasteiger partial charge in [0.25, 0.3) is 0 Å². The van der Waals surface area contributed by atoms with Crippen molar-refractivity contribution < 1.29 is 24.2 Å². The van der Waals surface area contributed by atoms with Crippen molar-refractivity contribution in [3.63, 3.8) is 0 Å². The Morgan fingerprint density at radius 3 is 2.09 bits per heavy atom. The SMILES string of the molecule is CC(C)CC(CNC(=O)C(C)CCNC(=O)OCC1c2ccccc2-c2ccccc21)C(=O)O. The number of carboxylic acids is 1. The highest BCUT2D eigenvalue weighted by molar-refractivity contribution is 5.80. The molecular weight excluding hydrogens is 432 g/mol. The van der Waals surface area contributed by atoms with Crippen LogP contribution in [-0.2, 0) is 14.3 Å². The van der Waals surface area contributed by atoms with E-state index in [-0.39, 0.29) is 36.8 Å². The summed E-state index contributed by atoms with van der Waals surface area (Å²) in [7, 11) is 0. The molecule has 2 amide bonds. The molecule has 2 unspecified atom stereocenters. The van der Waals surface area contributed by atoms with Crippen molar-refractivity contribution in [2.45, 2.75) is 39.5 Å². The van der Waals surface area contributed by atoms with Crippen molar-refractivity contribution in [1.82, 2.24) is 10.6 Å². The first-order valence-electron chi connectivity index (χ1n) is 11.9. The van der Waals surface area contributed by atoms with Gasteiger partial charge in [-0.25, -0.2) is 4.79 Å². The quantitative estimate of drug-likeness (QED) is 0.455. The van der Waals surface area contributed by atoms with Gasteiger partial charge in [-0.15, -0.1) is 0 Å². The fraction of sp³-hybridized carbons (Fsp3) is 0.444. The summed E-state index contributed by atoms with van der Waals surface area (Å²) in [5, 5.41) is 14.7. The minimum Gasteiger partial charge on any atom is -0.481 e. The first-order chi connectivity index (χ1) is 16.3. The molecule has 0 saturated heterocycles. The Hall–Kier alpha value is -3.35. The number of amides is 2. The molecule has 0 fully saturated rings. The molecule has 34 heavy (non-hydrogen) atoms. The van der Waals surface area contributed by atoms with Gasteiger partial charge in [0, 0.05) is 24.9 Å². The van der Waals surface area contributed by atoms with Crippen molar-refractivity contribution in [3.8, 4) is 11.1 Å². The molecule has 7 nitrogen and oxygen atoms in total. The lowest BCUT2D eigenvalue weighted by atomic mass is 9.97. The highest BCUT2D eigenvalue weighted by Crippen LogP contribution is 2.44. The van der Waals surface area contributed by atoms with Crippen LogP contribution in [0.2, 0.25) is 0 Å². The van der Waals surface area contributed by atoms with Crippen LogP contribution in [0.4, 0.5) is 4.79 Å². The molecule has 1 aliphatic carbocycles. The van der Waals surface area contributed by atoms with E-state index in [0.29, 0.717) is 19.4 Å². The zero-order chi connectivity index (χ0) is 24.7. The zero-order valence-electron chi connectivity index (χ0n) is 20.0. The van der Waals surface area contributed by atoms with Crippen LogP contribution in [-0.4, -0.2) is 42.8 Å². The Labute approximate surface area is 200 Å². The van der Waals surface area contributed by atoms with Gasteiger partial charge in [0.1, 0.15) is 6.61 Å². The summed E-state index contributed by atoms with van der Waals surface area (Å²) in [6.45, 7) is 6.30. The molecule has 0 bridgehead atoms. The third-order valence-corrected chi connectivity index (χ3v) is 6.27. The van der Waals surface area contributed by atoms with E-state index in [0.717, 1.165) is 11.1 Å². The van der Waals surface area contributed by atoms with E-state index < -0.39 is 18.0 Å². The molecule has 3 rings (SSSR count). The molecule has 0 radical (unpaired) electrons. The number of aliphatic carboxylic acids is 1. The van der Waals surface area contributed by atoms with Gasteiger partial charge in [0.15, 0.2) is 0 Å². The summed E-state index contributed by atoms with van der Waals surface area (Å²) in [6.07, 6.45) is 0.419. The summed E-state index contributed by atoms with van der Waals surface area (Å²) in [4.78, 5) is 35.9. The van der Waals surface area contributed by atoms with Crippen LogP contribution < -0.4 is 10.6 Å². The summed E-state index contributed by atoms with van der Waals surface area (Å²) in [5.41, 5.74) is 4.65. The van der Waals surface area contributed by atoms with Gasteiger partial charge < -0.3 is 20.5 Å². The Kier molecular flexibility index (Phi) is 8.68. The molecule has 182 valence electrons. The lowest BCUT2D eigenvalue weighted by molar-refractivity contribution is -0.142. The van der Waals surface area contributed by atoms with E-state index >= 15 is 0 Å². The van der Waals surface area contributed by atoms with Crippen molar-refractivity contribution in [1.29, 1.82) is 0 Å². The predicted octanol–water partition coefficient (Wildman–Crippen LogP) is 4.41. The Morgan fingerprint density at radius 1 is 0.941 bits per heavy atom. The van der Waals surface area contributed by atoms with Crippen LogP contribution in [0.25, 0.3) is 11.1 Å². The molecule has 0 heterocycles. The molecule has 1 aliphatic rings. The first-order valence-corrected chi connectivity index (χ1v) is 11.9. The number of alkyl carbamates (subject to hydrolysis) is 1. The van der Waals surface area contributed by atoms with Crippen LogP contribution in [0, 0.1) is 17.8 Å². The first kappa shape index (κ1) is 25.3. The van der Waals surface area contributed by atoms with Gasteiger partial charge in [-0.05, 0) is 41.0 Å². The maximum atomic E-state index is 12.3. The zero-order valence-corrected chi connectivity index (χ0v) is 20.0. The lowest BCUT2D eigenvalue weighted by Crippen LogP contribution is -2.37. The Balaban J connectivity index is 1.42. The normalized spacial score (nSPS) is 14.1. The van der Waals surface area contributed by atoms with Gasteiger partial charge >= 0.3 is 12.1 Å². The fourth-order valence-corrected chi connectivity index (χ4v) is 4.41. The number of carbonyl (C=O) groups is 3. The van der Waals surface area contributed by atoms with E-state index in [2.05, 4.69) is 34.9 Å². The number of carbonyl (C=O) groups excluding carboxylic acids is 2. The Morgan fingerprint density at radius 2 is 1.53 bits per heavy atom. The second kappa shape index (κ2) is 11.7. The summed E-state index contributed by atoms with van der Waals surface area (Å²) < 4.78 is 5.51. The molecule has 2 atom stereocenters. The molecule has 0 saturated carbocycles. The standard InChI is InChI=1S/C27H34N2O5/c1-17(2)14-19(26(31)32)15-29-25(30)18(3)12-13-28-27(33)34-16-24-22-10-6-4-8-20(22)21-9-5-7-11-23(21)24/h4-11,17-19,24H,12-16H2,1-3H3,(H,28,33)(H,29,30)(H,31,32). The van der Waals surface area contributed by atoms with Gasteiger partial charge in [-0.1, -0.05) is 69.3 Å². The number of hydrogen-bond acceptors (Lipinski definition) is 4. The average molecular weight is 467 g/mol. The highest BCUT2D eigenvalue weighted by Gasteiger charge is 2.29. The number of rotatable bonds is 11. The third kappa shape index (κ3) is 6.37. The number of benzene rings is 2. The molecular formula is C27H34N2O5. The number of hydrogen-bond donors (Lipinski definition) is 3. The monoisotopic (exact) mass is 466 g/mol. The molecule has 0 aliphatic heterocycles. The minimum absolute atomic E-state index is 0.00382. The topological polar surface area (TPSA) is 105 Å². The average Bonchev–Trinajstić information content (AvgIpc) is 3.13. The summed E-state index contributed by atoms with van der Waals surface area (Å²) >= 11 is 0. The van der Waals surface area contributed by atoms with E-state index in [1.165, 1.54) is 11.1 Å². The van der Waals surface area contributed by atoms with Crippen LogP contribution in [0.5, 0.6) is 0 Å². The third-order valence-electron chi connectivity index (χ3n) is 6.27. The van der Waals surface area contributed by atoms with Crippen LogP contribution in [0.15, 0.2) is 48.5 Å². The van der Waals surface area contributed by atoms with E-state index in [4.69, 9.17) is 4.74 Å². The van der Waals surface area contributed by atoms with Crippen LogP contribution in [0.1, 0.15) is 50.7 Å². The van der Waals surface area contributed by atoms with Gasteiger partial charge in [-0.3, -0.25) is 9.59 Å². The molecule has 3 N–H and O–H groups in total. The number of fused-ring (bicyclic) bond motifs is 3. The summed E-state index contributed by atoms with van der Waals surface area (Å²) in [5.74, 6) is -1.85. The van der Waals surface area contributed by atoms with Crippen molar-refractivity contribution in [2.24, 2.45) is 17.8 Å². The fourth-order valence-electron chi connectivity index (χ4n) is 4.41. The van der Waals surface area contributed by atoms with Gasteiger partial charge in [-0.2, -0.15) is 0 Å². The predicted molar refractivity (Wildman–Crippen MR) is 130 cm³/mol. The van der Waals surface area contributed by atoms with Crippen LogP contribution in [0.3, 0.4) is 0 Å². The van der Waals surface area contributed by atoms with Gasteiger partial charge in [0.2, 0.25) is 5.91 Å². The molecule has 2 aromatic carbocycles. The Bertz CT molecular complexity index is 974. The van der Waals surface area contributed by atoms with Crippen molar-refractivity contribution in [2.75, 3.05) is 19.7 Å². The van der Waals surface area contributed by atoms with Crippen molar-refractivity contribution >= 4 is 18.0 Å². The largest absolute Gasteiger partial charge is 0.481 e. The number of ether oxygens (including phenoxy) is 1.